The van der Waals surface area contributed by atoms with Crippen molar-refractivity contribution in [3.63, 3.8) is 0 Å². The summed E-state index contributed by atoms with van der Waals surface area (Å²) < 4.78 is 5.50. The van der Waals surface area contributed by atoms with Gasteiger partial charge in [0.1, 0.15) is 6.07 Å². The Hall–Kier alpha value is -2.34. The summed E-state index contributed by atoms with van der Waals surface area (Å²) in [6.07, 6.45) is 2.54. The topological polar surface area (TPSA) is 45.9 Å². The van der Waals surface area contributed by atoms with Gasteiger partial charge in [-0.1, -0.05) is 36.8 Å². The van der Waals surface area contributed by atoms with Crippen molar-refractivity contribution in [3.8, 4) is 23.1 Å². The summed E-state index contributed by atoms with van der Waals surface area (Å²) in [5.74, 6) is 0.556. The molecule has 0 aliphatic rings. The zero-order chi connectivity index (χ0) is 13.7. The molecule has 1 heterocycles. The molecule has 0 bridgehead atoms. The summed E-state index contributed by atoms with van der Waals surface area (Å²) in [5, 5.41) is 9.18. The SMILES string of the molecule is CCCOc1cnc(-c2ccc(C)cc2)cc1C#N. The summed E-state index contributed by atoms with van der Waals surface area (Å²) in [4.78, 5) is 4.36. The molecule has 19 heavy (non-hydrogen) atoms. The van der Waals surface area contributed by atoms with E-state index in [-0.39, 0.29) is 0 Å². The van der Waals surface area contributed by atoms with Crippen molar-refractivity contribution >= 4 is 0 Å². The first-order chi connectivity index (χ1) is 9.24. The number of hydrogen-bond donors (Lipinski definition) is 0. The van der Waals surface area contributed by atoms with Gasteiger partial charge in [0.25, 0.3) is 0 Å². The fourth-order valence-corrected chi connectivity index (χ4v) is 1.74. The van der Waals surface area contributed by atoms with Gasteiger partial charge in [-0.05, 0) is 19.4 Å². The minimum atomic E-state index is 0.527. The summed E-state index contributed by atoms with van der Waals surface area (Å²) in [5.41, 5.74) is 3.52. The van der Waals surface area contributed by atoms with E-state index in [1.165, 1.54) is 5.56 Å². The molecule has 0 fully saturated rings. The highest BCUT2D eigenvalue weighted by Crippen LogP contribution is 2.24. The molecule has 0 saturated carbocycles. The Morgan fingerprint density at radius 3 is 2.63 bits per heavy atom. The van der Waals surface area contributed by atoms with Crippen LogP contribution < -0.4 is 4.74 Å². The molecular weight excluding hydrogens is 236 g/mol. The van der Waals surface area contributed by atoms with E-state index in [0.717, 1.165) is 17.7 Å². The standard InChI is InChI=1S/C16H16N2O/c1-3-8-19-16-11-18-15(9-14(16)10-17)13-6-4-12(2)5-7-13/h4-7,9,11H,3,8H2,1-2H3. The van der Waals surface area contributed by atoms with Gasteiger partial charge in [-0.25, -0.2) is 0 Å². The number of hydrogen-bond acceptors (Lipinski definition) is 3. The molecule has 1 aromatic heterocycles. The lowest BCUT2D eigenvalue weighted by Gasteiger charge is -2.08. The number of benzene rings is 1. The van der Waals surface area contributed by atoms with E-state index in [4.69, 9.17) is 4.74 Å². The zero-order valence-electron chi connectivity index (χ0n) is 11.2. The van der Waals surface area contributed by atoms with E-state index >= 15 is 0 Å². The molecule has 96 valence electrons. The maximum atomic E-state index is 9.18. The number of aromatic nitrogens is 1. The van der Waals surface area contributed by atoms with Crippen LogP contribution in [0.5, 0.6) is 5.75 Å². The number of ether oxygens (including phenoxy) is 1. The van der Waals surface area contributed by atoms with Crippen molar-refractivity contribution < 1.29 is 4.74 Å². The first-order valence-electron chi connectivity index (χ1n) is 6.34. The molecule has 0 saturated heterocycles. The normalized spacial score (nSPS) is 9.95. The highest BCUT2D eigenvalue weighted by molar-refractivity contribution is 5.63. The minimum Gasteiger partial charge on any atom is -0.491 e. The van der Waals surface area contributed by atoms with E-state index in [1.807, 2.05) is 38.1 Å². The molecule has 0 amide bonds. The second-order valence-electron chi connectivity index (χ2n) is 4.39. The Morgan fingerprint density at radius 2 is 2.00 bits per heavy atom. The van der Waals surface area contributed by atoms with E-state index in [0.29, 0.717) is 17.9 Å². The van der Waals surface area contributed by atoms with Gasteiger partial charge in [-0.15, -0.1) is 0 Å². The van der Waals surface area contributed by atoms with Crippen LogP contribution in [0.25, 0.3) is 11.3 Å². The van der Waals surface area contributed by atoms with Crippen LogP contribution in [0.2, 0.25) is 0 Å². The van der Waals surface area contributed by atoms with Gasteiger partial charge in [-0.2, -0.15) is 5.26 Å². The maximum absolute atomic E-state index is 9.18. The number of nitrogens with zero attached hydrogens (tertiary/aromatic N) is 2. The molecule has 0 atom stereocenters. The minimum absolute atomic E-state index is 0.527. The number of nitriles is 1. The molecule has 0 aliphatic heterocycles. The Labute approximate surface area is 113 Å². The van der Waals surface area contributed by atoms with Crippen LogP contribution in [0, 0.1) is 18.3 Å². The Kier molecular flexibility index (Phi) is 4.15. The first kappa shape index (κ1) is 13.1. The fraction of sp³-hybridized carbons (Fsp3) is 0.250. The molecule has 0 N–H and O–H groups in total. The number of rotatable bonds is 4. The molecule has 1 aromatic carbocycles. The van der Waals surface area contributed by atoms with Crippen LogP contribution in [0.4, 0.5) is 0 Å². The average Bonchev–Trinajstić information content (AvgIpc) is 2.46. The van der Waals surface area contributed by atoms with Crippen LogP contribution in [-0.4, -0.2) is 11.6 Å². The van der Waals surface area contributed by atoms with Crippen LogP contribution in [0.15, 0.2) is 36.5 Å². The van der Waals surface area contributed by atoms with Crippen molar-refractivity contribution in [3.05, 3.63) is 47.7 Å². The lowest BCUT2D eigenvalue weighted by atomic mass is 10.1. The van der Waals surface area contributed by atoms with E-state index < -0.39 is 0 Å². The monoisotopic (exact) mass is 252 g/mol. The van der Waals surface area contributed by atoms with Crippen molar-refractivity contribution in [2.24, 2.45) is 0 Å². The number of pyridine rings is 1. The third kappa shape index (κ3) is 3.11. The second-order valence-corrected chi connectivity index (χ2v) is 4.39. The largest absolute Gasteiger partial charge is 0.491 e. The zero-order valence-corrected chi connectivity index (χ0v) is 11.2. The molecule has 2 aromatic rings. The smallest absolute Gasteiger partial charge is 0.155 e. The molecule has 0 aliphatic carbocycles. The summed E-state index contributed by atoms with van der Waals surface area (Å²) in [7, 11) is 0. The van der Waals surface area contributed by atoms with Crippen molar-refractivity contribution in [1.82, 2.24) is 4.98 Å². The quantitative estimate of drug-likeness (QED) is 0.833. The van der Waals surface area contributed by atoms with E-state index in [2.05, 4.69) is 11.1 Å². The summed E-state index contributed by atoms with van der Waals surface area (Å²) in [6, 6.07) is 12.0. The Bertz CT molecular complexity index is 597. The third-order valence-corrected chi connectivity index (χ3v) is 2.80. The van der Waals surface area contributed by atoms with Crippen LogP contribution in [-0.2, 0) is 0 Å². The fourth-order valence-electron chi connectivity index (χ4n) is 1.74. The lowest BCUT2D eigenvalue weighted by molar-refractivity contribution is 0.315. The van der Waals surface area contributed by atoms with E-state index in [9.17, 15) is 5.26 Å². The van der Waals surface area contributed by atoms with Gasteiger partial charge in [-0.3, -0.25) is 4.98 Å². The van der Waals surface area contributed by atoms with Crippen molar-refractivity contribution in [2.45, 2.75) is 20.3 Å². The predicted molar refractivity (Wildman–Crippen MR) is 74.9 cm³/mol. The second kappa shape index (κ2) is 6.01. The highest BCUT2D eigenvalue weighted by Gasteiger charge is 2.07. The van der Waals surface area contributed by atoms with Crippen LogP contribution >= 0.6 is 0 Å². The lowest BCUT2D eigenvalue weighted by Crippen LogP contribution is -1.98. The summed E-state index contributed by atoms with van der Waals surface area (Å²) >= 11 is 0. The molecular formula is C16H16N2O. The Morgan fingerprint density at radius 1 is 1.26 bits per heavy atom. The molecule has 0 radical (unpaired) electrons. The van der Waals surface area contributed by atoms with Crippen molar-refractivity contribution in [1.29, 1.82) is 5.26 Å². The third-order valence-electron chi connectivity index (χ3n) is 2.80. The highest BCUT2D eigenvalue weighted by atomic mass is 16.5. The molecule has 3 heteroatoms. The van der Waals surface area contributed by atoms with Crippen LogP contribution in [0.1, 0.15) is 24.5 Å². The van der Waals surface area contributed by atoms with Gasteiger partial charge in [0.05, 0.1) is 24.1 Å². The average molecular weight is 252 g/mol. The van der Waals surface area contributed by atoms with Gasteiger partial charge >= 0.3 is 0 Å². The first-order valence-corrected chi connectivity index (χ1v) is 6.34. The maximum Gasteiger partial charge on any atom is 0.155 e. The van der Waals surface area contributed by atoms with Crippen LogP contribution in [0.3, 0.4) is 0 Å². The Balaban J connectivity index is 2.33. The van der Waals surface area contributed by atoms with Gasteiger partial charge in [0, 0.05) is 5.56 Å². The number of aryl methyl sites for hydroxylation is 1. The van der Waals surface area contributed by atoms with Crippen molar-refractivity contribution in [2.75, 3.05) is 6.61 Å². The van der Waals surface area contributed by atoms with Gasteiger partial charge in [0.15, 0.2) is 5.75 Å². The summed E-state index contributed by atoms with van der Waals surface area (Å²) in [6.45, 7) is 4.67. The van der Waals surface area contributed by atoms with Gasteiger partial charge in [0.2, 0.25) is 0 Å². The molecule has 0 unspecified atom stereocenters. The predicted octanol–water partition coefficient (Wildman–Crippen LogP) is 3.72. The molecule has 2 rings (SSSR count). The van der Waals surface area contributed by atoms with E-state index in [1.54, 1.807) is 12.3 Å². The molecule has 3 nitrogen and oxygen atoms in total. The van der Waals surface area contributed by atoms with Gasteiger partial charge < -0.3 is 4.74 Å². The molecule has 0 spiro atoms.